The number of hydrogen-bond donors (Lipinski definition) is 5. The van der Waals surface area contributed by atoms with Gasteiger partial charge in [-0.2, -0.15) is 0 Å². The normalized spacial score (nSPS) is 31.1. The number of carbonyl (C=O) groups excluding carboxylic acids is 2. The summed E-state index contributed by atoms with van der Waals surface area (Å²) in [4.78, 5) is 25.1. The van der Waals surface area contributed by atoms with E-state index in [4.69, 9.17) is 18.9 Å². The van der Waals surface area contributed by atoms with E-state index in [1.807, 2.05) is 59.8 Å². The van der Waals surface area contributed by atoms with Gasteiger partial charge in [-0.15, -0.1) is 0 Å². The molecular weight excluding hydrogens is 668 g/mol. The third kappa shape index (κ3) is 13.3. The highest BCUT2D eigenvalue weighted by Gasteiger charge is 2.52. The fourth-order valence-corrected chi connectivity index (χ4v) is 7.56. The summed E-state index contributed by atoms with van der Waals surface area (Å²) >= 11 is 0. The SMILES string of the molecule is C=C/C(C)=C/C(C)C1CC(O)(C(C)CCC(CC(CC(O)C(C)C/C=C/C(C)C2CC(C(C)CCC(C)O)C(O)C(=O)O2)OC)OC)C(O)C(=O)O1. The molecule has 0 bridgehead atoms. The van der Waals surface area contributed by atoms with Crippen molar-refractivity contribution < 1.29 is 54.1 Å². The first-order chi connectivity index (χ1) is 24.4. The summed E-state index contributed by atoms with van der Waals surface area (Å²) in [5.74, 6) is -2.34. The van der Waals surface area contributed by atoms with Gasteiger partial charge < -0.3 is 44.5 Å². The summed E-state index contributed by atoms with van der Waals surface area (Å²) in [6.45, 7) is 17.1. The molecule has 15 unspecified atom stereocenters. The second-order valence-corrected chi connectivity index (χ2v) is 16.0. The first-order valence-corrected chi connectivity index (χ1v) is 19.3. The van der Waals surface area contributed by atoms with Gasteiger partial charge in [0, 0.05) is 38.4 Å². The molecule has 52 heavy (non-hydrogen) atoms. The molecule has 0 radical (unpaired) electrons. The number of ether oxygens (including phenoxy) is 4. The Morgan fingerprint density at radius 2 is 1.54 bits per heavy atom. The zero-order valence-electron chi connectivity index (χ0n) is 33.1. The van der Waals surface area contributed by atoms with E-state index >= 15 is 0 Å². The number of esters is 2. The summed E-state index contributed by atoms with van der Waals surface area (Å²) in [5, 5.41) is 53.6. The highest BCUT2D eigenvalue weighted by Crippen LogP contribution is 2.39. The summed E-state index contributed by atoms with van der Waals surface area (Å²) < 4.78 is 22.6. The van der Waals surface area contributed by atoms with Gasteiger partial charge in [-0.1, -0.05) is 71.1 Å². The first kappa shape index (κ1) is 46.0. The molecule has 0 aromatic carbocycles. The second kappa shape index (κ2) is 21.7. The predicted octanol–water partition coefficient (Wildman–Crippen LogP) is 5.06. The fraction of sp³-hybridized carbons (Fsp3) is 0.805. The molecule has 15 atom stereocenters. The molecule has 2 aliphatic rings. The molecule has 0 saturated carbocycles. The highest BCUT2D eigenvalue weighted by molar-refractivity contribution is 5.77. The summed E-state index contributed by atoms with van der Waals surface area (Å²) in [7, 11) is 3.22. The molecule has 11 heteroatoms. The van der Waals surface area contributed by atoms with Crippen molar-refractivity contribution in [2.75, 3.05) is 14.2 Å². The van der Waals surface area contributed by atoms with Crippen molar-refractivity contribution >= 4 is 11.9 Å². The summed E-state index contributed by atoms with van der Waals surface area (Å²) in [6, 6.07) is 0. The Morgan fingerprint density at radius 3 is 2.13 bits per heavy atom. The Labute approximate surface area is 312 Å². The Kier molecular flexibility index (Phi) is 19.2. The maximum Gasteiger partial charge on any atom is 0.338 e. The molecule has 300 valence electrons. The van der Waals surface area contributed by atoms with Crippen LogP contribution >= 0.6 is 0 Å². The molecule has 0 spiro atoms. The molecule has 2 saturated heterocycles. The number of aliphatic hydroxyl groups is 5. The molecule has 2 rings (SSSR count). The Bertz CT molecular complexity index is 1170. The molecule has 5 N–H and O–H groups in total. The van der Waals surface area contributed by atoms with Crippen molar-refractivity contribution in [2.45, 2.75) is 161 Å². The second-order valence-electron chi connectivity index (χ2n) is 16.0. The van der Waals surface area contributed by atoms with E-state index in [2.05, 4.69) is 6.58 Å². The minimum atomic E-state index is -1.65. The molecule has 0 aromatic rings. The van der Waals surface area contributed by atoms with Crippen LogP contribution in [0.25, 0.3) is 0 Å². The Hall–Kier alpha value is -2.12. The van der Waals surface area contributed by atoms with E-state index < -0.39 is 54.0 Å². The van der Waals surface area contributed by atoms with Crippen LogP contribution in [0.2, 0.25) is 0 Å². The van der Waals surface area contributed by atoms with Crippen molar-refractivity contribution in [3.63, 3.8) is 0 Å². The number of rotatable bonds is 22. The minimum Gasteiger partial charge on any atom is -0.460 e. The highest BCUT2D eigenvalue weighted by atomic mass is 16.6. The van der Waals surface area contributed by atoms with E-state index in [-0.39, 0.29) is 54.3 Å². The Balaban J connectivity index is 1.92. The van der Waals surface area contributed by atoms with Gasteiger partial charge in [0.15, 0.2) is 12.2 Å². The molecule has 2 aliphatic heterocycles. The summed E-state index contributed by atoms with van der Waals surface area (Å²) in [5.41, 5.74) is -0.721. The van der Waals surface area contributed by atoms with Crippen LogP contribution in [0.3, 0.4) is 0 Å². The van der Waals surface area contributed by atoms with Gasteiger partial charge in [0.05, 0.1) is 24.4 Å². The quantitative estimate of drug-likeness (QED) is 0.0572. The average Bonchev–Trinajstić information content (AvgIpc) is 3.10. The van der Waals surface area contributed by atoms with Crippen molar-refractivity contribution in [1.82, 2.24) is 0 Å². The van der Waals surface area contributed by atoms with E-state index in [1.54, 1.807) is 27.2 Å². The van der Waals surface area contributed by atoms with Gasteiger partial charge >= 0.3 is 11.9 Å². The lowest BCUT2D eigenvalue weighted by molar-refractivity contribution is -0.212. The molecule has 0 aliphatic carbocycles. The van der Waals surface area contributed by atoms with E-state index in [0.29, 0.717) is 51.4 Å². The zero-order valence-corrected chi connectivity index (χ0v) is 33.1. The van der Waals surface area contributed by atoms with Crippen LogP contribution in [-0.2, 0) is 28.5 Å². The maximum absolute atomic E-state index is 12.6. The third-order valence-corrected chi connectivity index (χ3v) is 11.8. The summed E-state index contributed by atoms with van der Waals surface area (Å²) in [6.07, 6.45) is 6.85. The molecule has 11 nitrogen and oxygen atoms in total. The molecule has 0 amide bonds. The van der Waals surface area contributed by atoms with Gasteiger partial charge in [-0.3, -0.25) is 0 Å². The minimum absolute atomic E-state index is 0.0643. The lowest BCUT2D eigenvalue weighted by atomic mass is 9.73. The van der Waals surface area contributed by atoms with E-state index in [9.17, 15) is 35.1 Å². The number of carbonyl (C=O) groups is 2. The molecule has 2 fully saturated rings. The zero-order chi connectivity index (χ0) is 39.3. The van der Waals surface area contributed by atoms with Crippen LogP contribution in [0.4, 0.5) is 0 Å². The fourth-order valence-electron chi connectivity index (χ4n) is 7.56. The van der Waals surface area contributed by atoms with Crippen molar-refractivity contribution in [1.29, 1.82) is 0 Å². The van der Waals surface area contributed by atoms with Crippen LogP contribution in [-0.4, -0.2) is 106 Å². The average molecular weight is 739 g/mol. The number of allylic oxidation sites excluding steroid dienone is 3. The monoisotopic (exact) mass is 738 g/mol. The van der Waals surface area contributed by atoms with E-state index in [0.717, 1.165) is 5.57 Å². The third-order valence-electron chi connectivity index (χ3n) is 11.8. The predicted molar refractivity (Wildman–Crippen MR) is 200 cm³/mol. The lowest BCUT2D eigenvalue weighted by Crippen LogP contribution is -2.59. The van der Waals surface area contributed by atoms with Crippen LogP contribution in [0.5, 0.6) is 0 Å². The van der Waals surface area contributed by atoms with Gasteiger partial charge in [-0.25, -0.2) is 9.59 Å². The number of methoxy groups -OCH3 is 2. The standard InChI is InChI=1S/C41H70O11/c1-11-24(2)19-28(6)36-23-41(48,38(45)40(47)52-36)29(7)16-18-31(49-9)20-32(50-10)21-34(43)26(4)13-12-14-27(5)35-22-33(37(44)39(46)51-35)25(3)15-17-30(8)42/h11-12,14,19,25-38,42-45,48H,1,13,15-18,20-23H2,2-10H3/b14-12+,24-19+. The number of cyclic esters (lactones) is 2. The van der Waals surface area contributed by atoms with Crippen LogP contribution in [0, 0.1) is 35.5 Å². The van der Waals surface area contributed by atoms with Gasteiger partial charge in [-0.05, 0) is 83.0 Å². The Morgan fingerprint density at radius 1 is 0.904 bits per heavy atom. The van der Waals surface area contributed by atoms with Crippen LogP contribution in [0.15, 0.2) is 36.5 Å². The van der Waals surface area contributed by atoms with Crippen molar-refractivity contribution in [3.05, 3.63) is 36.5 Å². The van der Waals surface area contributed by atoms with Crippen LogP contribution < -0.4 is 0 Å². The van der Waals surface area contributed by atoms with Gasteiger partial charge in [0.1, 0.15) is 17.8 Å². The van der Waals surface area contributed by atoms with Crippen molar-refractivity contribution in [2.24, 2.45) is 35.5 Å². The van der Waals surface area contributed by atoms with Gasteiger partial charge in [0.25, 0.3) is 0 Å². The smallest absolute Gasteiger partial charge is 0.338 e. The molecular formula is C41H70O11. The number of hydrogen-bond acceptors (Lipinski definition) is 11. The van der Waals surface area contributed by atoms with Crippen molar-refractivity contribution in [3.8, 4) is 0 Å². The topological polar surface area (TPSA) is 172 Å². The maximum atomic E-state index is 12.6. The molecule has 2 heterocycles. The lowest BCUT2D eigenvalue weighted by Gasteiger charge is -2.44. The van der Waals surface area contributed by atoms with Gasteiger partial charge in [0.2, 0.25) is 0 Å². The van der Waals surface area contributed by atoms with E-state index in [1.165, 1.54) is 0 Å². The first-order valence-electron chi connectivity index (χ1n) is 19.3. The van der Waals surface area contributed by atoms with Crippen LogP contribution in [0.1, 0.15) is 106 Å². The molecule has 0 aromatic heterocycles. The number of aliphatic hydroxyl groups excluding tert-OH is 4. The largest absolute Gasteiger partial charge is 0.460 e.